The summed E-state index contributed by atoms with van der Waals surface area (Å²) in [6.07, 6.45) is 0.924. The fraction of sp³-hybridized carbons (Fsp3) is 0.643. The second kappa shape index (κ2) is 6.18. The molecule has 0 unspecified atom stereocenters. The van der Waals surface area contributed by atoms with Gasteiger partial charge in [-0.05, 0) is 45.6 Å². The Bertz CT molecular complexity index is 360. The van der Waals surface area contributed by atoms with Crippen molar-refractivity contribution in [3.63, 3.8) is 0 Å². The van der Waals surface area contributed by atoms with Crippen molar-refractivity contribution in [1.82, 2.24) is 4.90 Å². The molecule has 0 radical (unpaired) electrons. The van der Waals surface area contributed by atoms with Crippen molar-refractivity contribution in [2.45, 2.75) is 46.7 Å². The third kappa shape index (κ3) is 4.89. The molecular formula is C14H22N2S. The van der Waals surface area contributed by atoms with Crippen molar-refractivity contribution < 1.29 is 0 Å². The molecule has 0 N–H and O–H groups in total. The van der Waals surface area contributed by atoms with Crippen LogP contribution in [0, 0.1) is 16.7 Å². The van der Waals surface area contributed by atoms with Gasteiger partial charge in [0.25, 0.3) is 0 Å². The molecule has 0 amide bonds. The molecule has 94 valence electrons. The van der Waals surface area contributed by atoms with E-state index in [-0.39, 0.29) is 5.41 Å². The number of rotatable bonds is 6. The molecule has 17 heavy (non-hydrogen) atoms. The molecule has 0 aromatic carbocycles. The number of nitrogens with zero attached hydrogens (tertiary/aromatic N) is 2. The zero-order valence-corrected chi connectivity index (χ0v) is 12.0. The minimum absolute atomic E-state index is 0.220. The second-order valence-electron chi connectivity index (χ2n) is 5.39. The van der Waals surface area contributed by atoms with E-state index in [1.165, 1.54) is 4.88 Å². The van der Waals surface area contributed by atoms with E-state index in [4.69, 9.17) is 5.26 Å². The smallest absolute Gasteiger partial charge is 0.0684 e. The molecule has 1 heterocycles. The Morgan fingerprint density at radius 3 is 2.65 bits per heavy atom. The maximum absolute atomic E-state index is 9.04. The Morgan fingerprint density at radius 1 is 1.47 bits per heavy atom. The van der Waals surface area contributed by atoms with Gasteiger partial charge < -0.3 is 0 Å². The molecule has 3 heteroatoms. The number of hydrogen-bond donors (Lipinski definition) is 0. The van der Waals surface area contributed by atoms with E-state index in [0.29, 0.717) is 6.04 Å². The van der Waals surface area contributed by atoms with Crippen LogP contribution in [-0.4, -0.2) is 17.5 Å². The summed E-state index contributed by atoms with van der Waals surface area (Å²) in [5, 5.41) is 11.2. The van der Waals surface area contributed by atoms with Gasteiger partial charge in [0.2, 0.25) is 0 Å². The van der Waals surface area contributed by atoms with Gasteiger partial charge in [-0.1, -0.05) is 6.07 Å². The van der Waals surface area contributed by atoms with E-state index in [9.17, 15) is 0 Å². The lowest BCUT2D eigenvalue weighted by atomic mass is 9.91. The average Bonchev–Trinajstić information content (AvgIpc) is 2.76. The molecule has 1 aromatic rings. The van der Waals surface area contributed by atoms with Crippen LogP contribution in [0.2, 0.25) is 0 Å². The highest BCUT2D eigenvalue weighted by Crippen LogP contribution is 2.21. The number of hydrogen-bond acceptors (Lipinski definition) is 3. The first-order chi connectivity index (χ1) is 7.94. The summed E-state index contributed by atoms with van der Waals surface area (Å²) in [6, 6.07) is 7.16. The lowest BCUT2D eigenvalue weighted by Crippen LogP contribution is -2.33. The highest BCUT2D eigenvalue weighted by atomic mass is 32.1. The lowest BCUT2D eigenvalue weighted by molar-refractivity contribution is 0.192. The molecule has 0 atom stereocenters. The predicted octanol–water partition coefficient (Wildman–Crippen LogP) is 3.90. The molecule has 0 fully saturated rings. The predicted molar refractivity (Wildman–Crippen MR) is 73.9 cm³/mol. The highest BCUT2D eigenvalue weighted by Gasteiger charge is 2.19. The second-order valence-corrected chi connectivity index (χ2v) is 6.42. The van der Waals surface area contributed by atoms with Crippen molar-refractivity contribution >= 4 is 11.3 Å². The average molecular weight is 250 g/mol. The first kappa shape index (κ1) is 14.2. The number of nitriles is 1. The maximum atomic E-state index is 9.04. The van der Waals surface area contributed by atoms with Gasteiger partial charge in [0.1, 0.15) is 0 Å². The van der Waals surface area contributed by atoms with Gasteiger partial charge in [0.05, 0.1) is 11.5 Å². The van der Waals surface area contributed by atoms with Crippen LogP contribution >= 0.6 is 11.3 Å². The molecule has 1 rings (SSSR count). The molecule has 0 saturated carbocycles. The van der Waals surface area contributed by atoms with Crippen LogP contribution in [0.3, 0.4) is 0 Å². The molecule has 0 bridgehead atoms. The van der Waals surface area contributed by atoms with Crippen molar-refractivity contribution in [2.75, 3.05) is 6.54 Å². The SMILES string of the molecule is CC(C)N(CCC(C)(C)C#N)Cc1cccs1. The third-order valence-electron chi connectivity index (χ3n) is 3.00. The first-order valence-electron chi connectivity index (χ1n) is 6.12. The van der Waals surface area contributed by atoms with E-state index in [0.717, 1.165) is 19.5 Å². The van der Waals surface area contributed by atoms with Crippen LogP contribution in [0.1, 0.15) is 39.0 Å². The fourth-order valence-corrected chi connectivity index (χ4v) is 2.33. The summed E-state index contributed by atoms with van der Waals surface area (Å²) in [7, 11) is 0. The normalized spacial score (nSPS) is 12.1. The highest BCUT2D eigenvalue weighted by molar-refractivity contribution is 7.09. The van der Waals surface area contributed by atoms with Crippen LogP contribution in [0.5, 0.6) is 0 Å². The van der Waals surface area contributed by atoms with E-state index < -0.39 is 0 Å². The van der Waals surface area contributed by atoms with E-state index in [2.05, 4.69) is 42.3 Å². The van der Waals surface area contributed by atoms with Crippen molar-refractivity contribution in [1.29, 1.82) is 5.26 Å². The molecule has 0 saturated heterocycles. The van der Waals surface area contributed by atoms with Crippen molar-refractivity contribution in [2.24, 2.45) is 5.41 Å². The molecular weight excluding hydrogens is 228 g/mol. The molecule has 2 nitrogen and oxygen atoms in total. The summed E-state index contributed by atoms with van der Waals surface area (Å²) in [4.78, 5) is 3.83. The Hall–Kier alpha value is -0.850. The van der Waals surface area contributed by atoms with Crippen LogP contribution in [-0.2, 0) is 6.54 Å². The molecule has 1 aromatic heterocycles. The maximum Gasteiger partial charge on any atom is 0.0684 e. The topological polar surface area (TPSA) is 27.0 Å². The van der Waals surface area contributed by atoms with E-state index >= 15 is 0 Å². The molecule has 0 aliphatic heterocycles. The minimum Gasteiger partial charge on any atom is -0.296 e. The quantitative estimate of drug-likeness (QED) is 0.765. The summed E-state index contributed by atoms with van der Waals surface area (Å²) in [6.45, 7) is 10.4. The summed E-state index contributed by atoms with van der Waals surface area (Å²) >= 11 is 1.80. The Labute approximate surface area is 109 Å². The Morgan fingerprint density at radius 2 is 2.18 bits per heavy atom. The van der Waals surface area contributed by atoms with E-state index in [1.54, 1.807) is 11.3 Å². The Balaban J connectivity index is 2.53. The van der Waals surface area contributed by atoms with Crippen LogP contribution in [0.15, 0.2) is 17.5 Å². The zero-order valence-electron chi connectivity index (χ0n) is 11.2. The molecule has 0 spiro atoms. The van der Waals surface area contributed by atoms with Gasteiger partial charge in [0.15, 0.2) is 0 Å². The minimum atomic E-state index is -0.220. The summed E-state index contributed by atoms with van der Waals surface area (Å²) in [5.41, 5.74) is -0.220. The monoisotopic (exact) mass is 250 g/mol. The third-order valence-corrected chi connectivity index (χ3v) is 3.86. The van der Waals surface area contributed by atoms with Gasteiger partial charge in [-0.3, -0.25) is 4.90 Å². The van der Waals surface area contributed by atoms with Crippen LogP contribution in [0.25, 0.3) is 0 Å². The zero-order chi connectivity index (χ0) is 12.9. The summed E-state index contributed by atoms with van der Waals surface area (Å²) in [5.74, 6) is 0. The van der Waals surface area contributed by atoms with E-state index in [1.807, 2.05) is 13.8 Å². The van der Waals surface area contributed by atoms with Gasteiger partial charge >= 0.3 is 0 Å². The lowest BCUT2D eigenvalue weighted by Gasteiger charge is -2.28. The first-order valence-corrected chi connectivity index (χ1v) is 7.00. The number of thiophene rings is 1. The van der Waals surface area contributed by atoms with Gasteiger partial charge in [-0.2, -0.15) is 5.26 Å². The van der Waals surface area contributed by atoms with Gasteiger partial charge in [0, 0.05) is 24.0 Å². The molecule has 0 aliphatic carbocycles. The van der Waals surface area contributed by atoms with Crippen LogP contribution < -0.4 is 0 Å². The van der Waals surface area contributed by atoms with Crippen molar-refractivity contribution in [3.8, 4) is 6.07 Å². The largest absolute Gasteiger partial charge is 0.296 e. The standard InChI is InChI=1S/C14H22N2S/c1-12(2)16(8-7-14(3,4)11-15)10-13-6-5-9-17-13/h5-6,9,12H,7-8,10H2,1-4H3. The summed E-state index contributed by atoms with van der Waals surface area (Å²) < 4.78 is 0. The van der Waals surface area contributed by atoms with Gasteiger partial charge in [-0.25, -0.2) is 0 Å². The molecule has 0 aliphatic rings. The fourth-order valence-electron chi connectivity index (χ4n) is 1.60. The van der Waals surface area contributed by atoms with Gasteiger partial charge in [-0.15, -0.1) is 11.3 Å². The Kier molecular flexibility index (Phi) is 5.17. The van der Waals surface area contributed by atoms with Crippen molar-refractivity contribution in [3.05, 3.63) is 22.4 Å². The van der Waals surface area contributed by atoms with Crippen LogP contribution in [0.4, 0.5) is 0 Å².